The number of aromatic nitrogens is 1. The summed E-state index contributed by atoms with van der Waals surface area (Å²) in [7, 11) is 0. The van der Waals surface area contributed by atoms with Gasteiger partial charge < -0.3 is 0 Å². The van der Waals surface area contributed by atoms with Gasteiger partial charge in [0.05, 0.1) is 20.9 Å². The highest BCUT2D eigenvalue weighted by Crippen LogP contribution is 2.24. The summed E-state index contributed by atoms with van der Waals surface area (Å²) >= 11 is 6.94. The zero-order chi connectivity index (χ0) is 13.1. The third-order valence-corrected chi connectivity index (χ3v) is 3.39. The first-order valence-electron chi connectivity index (χ1n) is 4.94. The van der Waals surface area contributed by atoms with Crippen molar-refractivity contribution in [1.82, 2.24) is 4.98 Å². The highest BCUT2D eigenvalue weighted by atomic mass is 35.5. The fraction of sp³-hybridized carbons (Fsp3) is 0.167. The first kappa shape index (κ1) is 15.3. The van der Waals surface area contributed by atoms with Crippen LogP contribution in [-0.2, 0) is 0 Å². The van der Waals surface area contributed by atoms with Gasteiger partial charge in [-0.15, -0.1) is 11.3 Å². The smallest absolute Gasteiger partial charge is 0.276 e. The summed E-state index contributed by atoms with van der Waals surface area (Å²) in [4.78, 5) is 26.7. The summed E-state index contributed by atoms with van der Waals surface area (Å²) in [5.74, 6) is -0.378. The van der Waals surface area contributed by atoms with Crippen molar-refractivity contribution in [3.8, 4) is 0 Å². The normalized spacial score (nSPS) is 14.5. The Bertz CT molecular complexity index is 588. The van der Waals surface area contributed by atoms with Crippen molar-refractivity contribution in [1.29, 1.82) is 0 Å². The average Bonchev–Trinajstić information content (AvgIpc) is 2.78. The van der Waals surface area contributed by atoms with Gasteiger partial charge in [0.2, 0.25) is 5.78 Å². The SMILES string of the molecule is C.O=C(C1=C([N+](=O)[O-])C=CC(Cl)=CC1)c1cncs1. The molecule has 0 atom stereocenters. The Morgan fingerprint density at radius 1 is 1.47 bits per heavy atom. The van der Waals surface area contributed by atoms with E-state index in [1.807, 2.05) is 0 Å². The highest BCUT2D eigenvalue weighted by Gasteiger charge is 2.24. The van der Waals surface area contributed by atoms with Crippen molar-refractivity contribution in [3.63, 3.8) is 0 Å². The number of nitrogens with zero attached hydrogens (tertiary/aromatic N) is 2. The molecule has 100 valence electrons. The van der Waals surface area contributed by atoms with Crippen molar-refractivity contribution < 1.29 is 9.72 Å². The molecule has 1 heterocycles. The van der Waals surface area contributed by atoms with E-state index in [9.17, 15) is 14.9 Å². The van der Waals surface area contributed by atoms with Gasteiger partial charge in [-0.1, -0.05) is 25.1 Å². The fourth-order valence-corrected chi connectivity index (χ4v) is 2.22. The van der Waals surface area contributed by atoms with Gasteiger partial charge >= 0.3 is 0 Å². The van der Waals surface area contributed by atoms with E-state index in [-0.39, 0.29) is 30.9 Å². The van der Waals surface area contributed by atoms with Crippen molar-refractivity contribution in [2.24, 2.45) is 0 Å². The Balaban J connectivity index is 0.00000180. The predicted octanol–water partition coefficient (Wildman–Crippen LogP) is 3.58. The summed E-state index contributed by atoms with van der Waals surface area (Å²) in [5, 5.41) is 11.3. The second-order valence-electron chi connectivity index (χ2n) is 3.44. The van der Waals surface area contributed by atoms with Crippen molar-refractivity contribution >= 4 is 28.7 Å². The zero-order valence-corrected chi connectivity index (χ0v) is 10.6. The lowest BCUT2D eigenvalue weighted by Crippen LogP contribution is -2.08. The molecule has 0 saturated carbocycles. The molecule has 19 heavy (non-hydrogen) atoms. The van der Waals surface area contributed by atoms with Crippen LogP contribution in [0.2, 0.25) is 0 Å². The molecule has 0 bridgehead atoms. The molecule has 5 nitrogen and oxygen atoms in total. The number of carbonyl (C=O) groups excluding carboxylic acids is 1. The number of ketones is 1. The van der Waals surface area contributed by atoms with Crippen LogP contribution in [0, 0.1) is 10.1 Å². The van der Waals surface area contributed by atoms with Crippen molar-refractivity contribution in [2.45, 2.75) is 13.8 Å². The van der Waals surface area contributed by atoms with Crippen LogP contribution < -0.4 is 0 Å². The van der Waals surface area contributed by atoms with E-state index in [1.54, 1.807) is 6.08 Å². The molecular weight excluding hydrogens is 288 g/mol. The molecule has 0 amide bonds. The molecule has 0 aromatic carbocycles. The number of carbonyl (C=O) groups is 1. The van der Waals surface area contributed by atoms with Crippen LogP contribution in [0.5, 0.6) is 0 Å². The monoisotopic (exact) mass is 298 g/mol. The molecule has 1 aliphatic rings. The predicted molar refractivity (Wildman–Crippen MR) is 74.9 cm³/mol. The fourth-order valence-electron chi connectivity index (χ4n) is 1.49. The maximum atomic E-state index is 12.1. The van der Waals surface area contributed by atoms with Crippen molar-refractivity contribution in [3.05, 3.63) is 61.2 Å². The molecule has 0 N–H and O–H groups in total. The number of halogens is 1. The Kier molecular flexibility index (Phi) is 5.14. The number of hydrogen-bond acceptors (Lipinski definition) is 5. The molecule has 0 fully saturated rings. The van der Waals surface area contributed by atoms with Crippen LogP contribution in [0.15, 0.2) is 46.2 Å². The first-order chi connectivity index (χ1) is 8.59. The standard InChI is InChI=1S/C11H7ClN2O3S.CH4/c12-7-1-3-8(9(4-2-7)14(16)17)11(15)10-5-13-6-18-10;/h1-2,4-6H,3H2;1H4. The molecule has 0 spiro atoms. The Morgan fingerprint density at radius 3 is 2.79 bits per heavy atom. The Labute approximate surface area is 119 Å². The average molecular weight is 299 g/mol. The number of hydrogen-bond donors (Lipinski definition) is 0. The Morgan fingerprint density at radius 2 is 2.21 bits per heavy atom. The maximum Gasteiger partial charge on any atom is 0.276 e. The van der Waals surface area contributed by atoms with Gasteiger partial charge in [0.25, 0.3) is 5.70 Å². The van der Waals surface area contributed by atoms with E-state index in [1.165, 1.54) is 23.9 Å². The third-order valence-electron chi connectivity index (χ3n) is 2.34. The molecule has 1 aliphatic carbocycles. The highest BCUT2D eigenvalue weighted by molar-refractivity contribution is 7.11. The van der Waals surface area contributed by atoms with E-state index in [0.717, 1.165) is 11.3 Å². The largest absolute Gasteiger partial charge is 0.288 e. The van der Waals surface area contributed by atoms with Gasteiger partial charge in [0.15, 0.2) is 0 Å². The molecule has 0 aliphatic heterocycles. The van der Waals surface area contributed by atoms with Crippen LogP contribution in [0.1, 0.15) is 23.5 Å². The first-order valence-corrected chi connectivity index (χ1v) is 6.20. The van der Waals surface area contributed by atoms with Gasteiger partial charge in [0.1, 0.15) is 0 Å². The van der Waals surface area contributed by atoms with Crippen molar-refractivity contribution in [2.75, 3.05) is 0 Å². The lowest BCUT2D eigenvalue weighted by Gasteiger charge is -2.01. The molecule has 7 heteroatoms. The molecule has 1 aromatic rings. The topological polar surface area (TPSA) is 73.1 Å². The molecule has 0 radical (unpaired) electrons. The minimum Gasteiger partial charge on any atom is -0.288 e. The van der Waals surface area contributed by atoms with Gasteiger partial charge in [-0.2, -0.15) is 0 Å². The lowest BCUT2D eigenvalue weighted by molar-refractivity contribution is -0.419. The molecule has 1 aromatic heterocycles. The summed E-state index contributed by atoms with van der Waals surface area (Å²) in [6.07, 6.45) is 5.77. The number of allylic oxidation sites excluding steroid dienone is 5. The van der Waals surface area contributed by atoms with Crippen LogP contribution >= 0.6 is 22.9 Å². The number of thiazole rings is 1. The van der Waals surface area contributed by atoms with E-state index in [4.69, 9.17) is 11.6 Å². The molecule has 0 unspecified atom stereocenters. The summed E-state index contributed by atoms with van der Waals surface area (Å²) in [6, 6.07) is 0. The van der Waals surface area contributed by atoms with Crippen LogP contribution in [0.4, 0.5) is 0 Å². The molecular formula is C12H11ClN2O3S. The maximum absolute atomic E-state index is 12.1. The quantitative estimate of drug-likeness (QED) is 0.486. The van der Waals surface area contributed by atoms with E-state index >= 15 is 0 Å². The number of rotatable bonds is 3. The minimum atomic E-state index is -0.575. The van der Waals surface area contributed by atoms with Crippen LogP contribution in [0.25, 0.3) is 0 Å². The zero-order valence-electron chi connectivity index (χ0n) is 9.00. The lowest BCUT2D eigenvalue weighted by atomic mass is 10.0. The van der Waals surface area contributed by atoms with E-state index in [0.29, 0.717) is 9.91 Å². The van der Waals surface area contributed by atoms with Crippen LogP contribution in [-0.4, -0.2) is 15.7 Å². The molecule has 2 rings (SSSR count). The summed E-state index contributed by atoms with van der Waals surface area (Å²) in [6.45, 7) is 0. The van der Waals surface area contributed by atoms with Gasteiger partial charge in [-0.05, 0) is 6.08 Å². The summed E-state index contributed by atoms with van der Waals surface area (Å²) < 4.78 is 0. The number of nitro groups is 1. The number of Topliss-reactive ketones (excluding diaryl/α,β-unsaturated/α-hetero) is 1. The minimum absolute atomic E-state index is 0. The van der Waals surface area contributed by atoms with E-state index < -0.39 is 4.92 Å². The molecule has 0 saturated heterocycles. The third kappa shape index (κ3) is 3.36. The summed E-state index contributed by atoms with van der Waals surface area (Å²) in [5.41, 5.74) is 1.41. The van der Waals surface area contributed by atoms with Gasteiger partial charge in [-0.25, -0.2) is 0 Å². The Hall–Kier alpha value is -1.79. The second kappa shape index (κ2) is 6.40. The van der Waals surface area contributed by atoms with E-state index in [2.05, 4.69) is 4.98 Å². The van der Waals surface area contributed by atoms with Gasteiger partial charge in [-0.3, -0.25) is 19.9 Å². The van der Waals surface area contributed by atoms with Gasteiger partial charge in [0, 0.05) is 23.7 Å². The van der Waals surface area contributed by atoms with Crippen LogP contribution in [0.3, 0.4) is 0 Å². The second-order valence-corrected chi connectivity index (χ2v) is 4.76.